The molecule has 0 amide bonds. The van der Waals surface area contributed by atoms with E-state index in [0.29, 0.717) is 11.7 Å². The van der Waals surface area contributed by atoms with Crippen LogP contribution in [0.1, 0.15) is 25.1 Å². The minimum atomic E-state index is 0.248. The smallest absolute Gasteiger partial charge is 0.176 e. The molecule has 5 nitrogen and oxygen atoms in total. The van der Waals surface area contributed by atoms with Crippen molar-refractivity contribution in [2.24, 2.45) is 5.92 Å². The molecular formula is C14H22N4O. The van der Waals surface area contributed by atoms with E-state index in [-0.39, 0.29) is 6.61 Å². The lowest BCUT2D eigenvalue weighted by molar-refractivity contribution is 0.223. The van der Waals surface area contributed by atoms with Crippen LogP contribution >= 0.6 is 0 Å². The van der Waals surface area contributed by atoms with E-state index in [1.54, 1.807) is 6.20 Å². The number of aliphatic hydroxyl groups excluding tert-OH is 1. The molecule has 0 bridgehead atoms. The number of nitrogens with one attached hydrogen (secondary N) is 1. The van der Waals surface area contributed by atoms with Crippen LogP contribution in [0.15, 0.2) is 18.8 Å². The van der Waals surface area contributed by atoms with Crippen LogP contribution in [0, 0.1) is 5.92 Å². The van der Waals surface area contributed by atoms with E-state index < -0.39 is 0 Å². The van der Waals surface area contributed by atoms with Gasteiger partial charge in [0.05, 0.1) is 5.70 Å². The summed E-state index contributed by atoms with van der Waals surface area (Å²) < 4.78 is 0. The van der Waals surface area contributed by atoms with Crippen LogP contribution < -0.4 is 10.2 Å². The number of aromatic nitrogens is 2. The Bertz CT molecular complexity index is 435. The summed E-state index contributed by atoms with van der Waals surface area (Å²) in [7, 11) is 1.81. The molecule has 19 heavy (non-hydrogen) atoms. The van der Waals surface area contributed by atoms with Crippen LogP contribution in [0.2, 0.25) is 0 Å². The van der Waals surface area contributed by atoms with Gasteiger partial charge in [-0.25, -0.2) is 9.97 Å². The van der Waals surface area contributed by atoms with Gasteiger partial charge in [0.15, 0.2) is 5.82 Å². The number of aliphatic hydroxyl groups is 1. The van der Waals surface area contributed by atoms with Gasteiger partial charge >= 0.3 is 0 Å². The zero-order valence-corrected chi connectivity index (χ0v) is 11.5. The first-order chi connectivity index (χ1) is 9.24. The summed E-state index contributed by atoms with van der Waals surface area (Å²) in [4.78, 5) is 11.0. The predicted molar refractivity (Wildman–Crippen MR) is 76.8 cm³/mol. The number of anilines is 1. The fourth-order valence-corrected chi connectivity index (χ4v) is 2.37. The van der Waals surface area contributed by atoms with E-state index in [1.807, 2.05) is 13.1 Å². The van der Waals surface area contributed by atoms with Gasteiger partial charge in [-0.1, -0.05) is 13.0 Å². The highest BCUT2D eigenvalue weighted by molar-refractivity contribution is 5.56. The van der Waals surface area contributed by atoms with Crippen molar-refractivity contribution in [2.75, 3.05) is 31.6 Å². The fraction of sp³-hybridized carbons (Fsp3) is 0.571. The van der Waals surface area contributed by atoms with Crippen LogP contribution in [0.4, 0.5) is 5.82 Å². The number of nitrogens with zero attached hydrogens (tertiary/aromatic N) is 3. The lowest BCUT2D eigenvalue weighted by Crippen LogP contribution is -2.30. The van der Waals surface area contributed by atoms with Crippen molar-refractivity contribution in [3.63, 3.8) is 0 Å². The minimum absolute atomic E-state index is 0.248. The lowest BCUT2D eigenvalue weighted by atomic mass is 10.1. The van der Waals surface area contributed by atoms with Gasteiger partial charge in [-0.15, -0.1) is 0 Å². The summed E-state index contributed by atoms with van der Waals surface area (Å²) in [5, 5.41) is 12.3. The number of hydrogen-bond donors (Lipinski definition) is 2. The first kappa shape index (κ1) is 13.8. The summed E-state index contributed by atoms with van der Waals surface area (Å²) in [6.45, 7) is 5.98. The fourth-order valence-electron chi connectivity index (χ4n) is 2.37. The van der Waals surface area contributed by atoms with Crippen LogP contribution in [-0.2, 0) is 0 Å². The maximum Gasteiger partial charge on any atom is 0.176 e. The highest BCUT2D eigenvalue weighted by Gasteiger charge is 2.19. The second kappa shape index (κ2) is 6.52. The van der Waals surface area contributed by atoms with E-state index in [1.165, 1.54) is 6.42 Å². The van der Waals surface area contributed by atoms with Gasteiger partial charge in [0.25, 0.3) is 0 Å². The standard InChI is InChI=1S/C14H22N4O/c1-11(15-2)14-16-7-6-13(17-14)18-8-4-3-5-12(9-18)10-19/h6-7,12,15,19H,1,3-5,8-10H2,2H3. The Labute approximate surface area is 114 Å². The first-order valence-corrected chi connectivity index (χ1v) is 6.80. The summed E-state index contributed by atoms with van der Waals surface area (Å²) >= 11 is 0. The van der Waals surface area contributed by atoms with Gasteiger partial charge < -0.3 is 15.3 Å². The van der Waals surface area contributed by atoms with Gasteiger partial charge in [0, 0.05) is 32.9 Å². The van der Waals surface area contributed by atoms with Crippen molar-refractivity contribution in [1.82, 2.24) is 15.3 Å². The minimum Gasteiger partial charge on any atom is -0.396 e. The van der Waals surface area contributed by atoms with E-state index in [4.69, 9.17) is 0 Å². The molecule has 1 atom stereocenters. The second-order valence-electron chi connectivity index (χ2n) is 4.96. The van der Waals surface area contributed by atoms with Gasteiger partial charge in [0.1, 0.15) is 5.82 Å². The predicted octanol–water partition coefficient (Wildman–Crippen LogP) is 1.27. The summed E-state index contributed by atoms with van der Waals surface area (Å²) in [6, 6.07) is 1.92. The normalized spacial score (nSPS) is 19.9. The molecule has 2 heterocycles. The molecule has 0 saturated carbocycles. The van der Waals surface area contributed by atoms with E-state index in [0.717, 1.165) is 37.4 Å². The summed E-state index contributed by atoms with van der Waals surface area (Å²) in [5.41, 5.74) is 0.718. The molecule has 2 rings (SSSR count). The molecule has 1 unspecified atom stereocenters. The van der Waals surface area contributed by atoms with Crippen LogP contribution in [0.5, 0.6) is 0 Å². The zero-order chi connectivity index (χ0) is 13.7. The Balaban J connectivity index is 2.17. The van der Waals surface area contributed by atoms with E-state index >= 15 is 0 Å². The van der Waals surface area contributed by atoms with Gasteiger partial charge in [-0.05, 0) is 24.8 Å². The molecule has 104 valence electrons. The molecule has 0 radical (unpaired) electrons. The topological polar surface area (TPSA) is 61.3 Å². The van der Waals surface area contributed by atoms with E-state index in [9.17, 15) is 5.11 Å². The quantitative estimate of drug-likeness (QED) is 0.855. The van der Waals surface area contributed by atoms with Crippen molar-refractivity contribution in [3.8, 4) is 0 Å². The molecule has 0 aliphatic carbocycles. The molecule has 1 aromatic heterocycles. The van der Waals surface area contributed by atoms with Crippen molar-refractivity contribution in [2.45, 2.75) is 19.3 Å². The zero-order valence-electron chi connectivity index (χ0n) is 11.5. The Kier molecular flexibility index (Phi) is 4.74. The van der Waals surface area contributed by atoms with Crippen molar-refractivity contribution in [1.29, 1.82) is 0 Å². The third-order valence-corrected chi connectivity index (χ3v) is 3.56. The molecule has 2 N–H and O–H groups in total. The molecule has 1 aliphatic heterocycles. The molecule has 1 saturated heterocycles. The molecule has 5 heteroatoms. The number of rotatable bonds is 4. The molecule has 0 spiro atoms. The average molecular weight is 262 g/mol. The van der Waals surface area contributed by atoms with E-state index in [2.05, 4.69) is 26.8 Å². The molecule has 1 aromatic rings. The highest BCUT2D eigenvalue weighted by Crippen LogP contribution is 2.21. The summed E-state index contributed by atoms with van der Waals surface area (Å²) in [5.74, 6) is 1.89. The monoisotopic (exact) mass is 262 g/mol. The molecular weight excluding hydrogens is 240 g/mol. The number of hydrogen-bond acceptors (Lipinski definition) is 5. The maximum absolute atomic E-state index is 9.38. The molecule has 1 fully saturated rings. The first-order valence-electron chi connectivity index (χ1n) is 6.80. The van der Waals surface area contributed by atoms with Crippen LogP contribution in [0.25, 0.3) is 5.70 Å². The summed E-state index contributed by atoms with van der Waals surface area (Å²) in [6.07, 6.45) is 5.17. The highest BCUT2D eigenvalue weighted by atomic mass is 16.3. The Morgan fingerprint density at radius 1 is 1.58 bits per heavy atom. The van der Waals surface area contributed by atoms with Gasteiger partial charge in [-0.3, -0.25) is 0 Å². The van der Waals surface area contributed by atoms with Crippen molar-refractivity contribution >= 4 is 11.5 Å². The average Bonchev–Trinajstić information content (AvgIpc) is 2.72. The molecule has 1 aliphatic rings. The maximum atomic E-state index is 9.38. The van der Waals surface area contributed by atoms with Crippen molar-refractivity contribution in [3.05, 3.63) is 24.7 Å². The Morgan fingerprint density at radius 3 is 3.16 bits per heavy atom. The van der Waals surface area contributed by atoms with Gasteiger partial charge in [0.2, 0.25) is 0 Å². The van der Waals surface area contributed by atoms with Crippen LogP contribution in [0.3, 0.4) is 0 Å². The molecule has 0 aromatic carbocycles. The van der Waals surface area contributed by atoms with Gasteiger partial charge in [-0.2, -0.15) is 0 Å². The third kappa shape index (κ3) is 3.44. The Morgan fingerprint density at radius 2 is 2.42 bits per heavy atom. The van der Waals surface area contributed by atoms with Crippen LogP contribution in [-0.4, -0.2) is 41.8 Å². The SMILES string of the molecule is C=C(NC)c1nccc(N2CCCCC(CO)C2)n1. The largest absolute Gasteiger partial charge is 0.396 e. The second-order valence-corrected chi connectivity index (χ2v) is 4.96. The Hall–Kier alpha value is -1.62. The third-order valence-electron chi connectivity index (χ3n) is 3.56. The van der Waals surface area contributed by atoms with Crippen molar-refractivity contribution < 1.29 is 5.11 Å². The lowest BCUT2D eigenvalue weighted by Gasteiger charge is -2.24.